The molecule has 24 heavy (non-hydrogen) atoms. The molecular formula is C15H24N4O3S2. The van der Waals surface area contributed by atoms with Crippen LogP contribution in [0.25, 0.3) is 0 Å². The number of amides is 1. The Hall–Kier alpha value is -1.09. The molecule has 0 bridgehead atoms. The van der Waals surface area contributed by atoms with E-state index >= 15 is 0 Å². The minimum absolute atomic E-state index is 0.00745. The Bertz CT molecular complexity index is 712. The molecule has 1 amide bonds. The summed E-state index contributed by atoms with van der Waals surface area (Å²) >= 11 is 1.41. The number of hydrogen-bond acceptors (Lipinski definition) is 6. The fraction of sp³-hybridized carbons (Fsp3) is 0.800. The van der Waals surface area contributed by atoms with Crippen LogP contribution in [0.4, 0.5) is 0 Å². The summed E-state index contributed by atoms with van der Waals surface area (Å²) in [7, 11) is -2.99. The smallest absolute Gasteiger partial charge is 0.233 e. The minimum atomic E-state index is -2.99. The molecule has 2 fully saturated rings. The van der Waals surface area contributed by atoms with Gasteiger partial charge >= 0.3 is 0 Å². The summed E-state index contributed by atoms with van der Waals surface area (Å²) in [6, 6.07) is 0.301. The maximum Gasteiger partial charge on any atom is 0.233 e. The number of sulfone groups is 1. The first kappa shape index (κ1) is 17.7. The molecule has 1 saturated heterocycles. The molecule has 1 saturated carbocycles. The van der Waals surface area contributed by atoms with Gasteiger partial charge in [-0.2, -0.15) is 0 Å². The predicted octanol–water partition coefficient (Wildman–Crippen LogP) is 1.44. The lowest BCUT2D eigenvalue weighted by atomic mass is 10.2. The third kappa shape index (κ3) is 3.93. The molecule has 2 aliphatic rings. The van der Waals surface area contributed by atoms with Gasteiger partial charge in [0.25, 0.3) is 0 Å². The lowest BCUT2D eigenvalue weighted by Crippen LogP contribution is -2.42. The second-order valence-electron chi connectivity index (χ2n) is 6.56. The zero-order chi connectivity index (χ0) is 17.3. The average molecular weight is 373 g/mol. The lowest BCUT2D eigenvalue weighted by molar-refractivity contribution is -0.130. The van der Waals surface area contributed by atoms with Crippen molar-refractivity contribution in [3.63, 3.8) is 0 Å². The van der Waals surface area contributed by atoms with Gasteiger partial charge in [-0.3, -0.25) is 4.79 Å². The molecule has 0 radical (unpaired) electrons. The fourth-order valence-electron chi connectivity index (χ4n) is 3.18. The van der Waals surface area contributed by atoms with Gasteiger partial charge in [0.15, 0.2) is 15.0 Å². The van der Waals surface area contributed by atoms with Crippen molar-refractivity contribution in [2.24, 2.45) is 0 Å². The van der Waals surface area contributed by atoms with Crippen LogP contribution >= 0.6 is 11.8 Å². The molecule has 0 N–H and O–H groups in total. The number of carbonyl (C=O) groups is 1. The topological polar surface area (TPSA) is 85.2 Å². The van der Waals surface area contributed by atoms with Crippen molar-refractivity contribution in [2.75, 3.05) is 23.8 Å². The van der Waals surface area contributed by atoms with Gasteiger partial charge in [0.2, 0.25) is 5.91 Å². The van der Waals surface area contributed by atoms with Crippen molar-refractivity contribution >= 4 is 27.5 Å². The summed E-state index contributed by atoms with van der Waals surface area (Å²) in [6.45, 7) is 4.54. The summed E-state index contributed by atoms with van der Waals surface area (Å²) < 4.78 is 25.5. The van der Waals surface area contributed by atoms with Crippen molar-refractivity contribution in [3.8, 4) is 0 Å². The van der Waals surface area contributed by atoms with E-state index in [0.717, 1.165) is 30.2 Å². The van der Waals surface area contributed by atoms with Crippen LogP contribution in [0, 0.1) is 6.92 Å². The third-order valence-corrected chi connectivity index (χ3v) is 7.18. The predicted molar refractivity (Wildman–Crippen MR) is 92.8 cm³/mol. The lowest BCUT2D eigenvalue weighted by Gasteiger charge is -2.27. The molecule has 2 heterocycles. The summed E-state index contributed by atoms with van der Waals surface area (Å²) in [5.74, 6) is 1.45. The molecule has 0 unspecified atom stereocenters. The Morgan fingerprint density at radius 2 is 2.08 bits per heavy atom. The summed E-state index contributed by atoms with van der Waals surface area (Å²) in [4.78, 5) is 14.4. The Kier molecular flexibility index (Phi) is 5.19. The van der Waals surface area contributed by atoms with Gasteiger partial charge in [-0.25, -0.2) is 8.42 Å². The second kappa shape index (κ2) is 7.03. The highest BCUT2D eigenvalue weighted by Crippen LogP contribution is 2.38. The van der Waals surface area contributed by atoms with Crippen LogP contribution in [0.2, 0.25) is 0 Å². The van der Waals surface area contributed by atoms with Gasteiger partial charge in [0.05, 0.1) is 17.3 Å². The van der Waals surface area contributed by atoms with Gasteiger partial charge < -0.3 is 9.47 Å². The second-order valence-corrected chi connectivity index (χ2v) is 9.73. The van der Waals surface area contributed by atoms with Crippen LogP contribution < -0.4 is 0 Å². The normalized spacial score (nSPS) is 22.7. The van der Waals surface area contributed by atoms with Gasteiger partial charge in [-0.15, -0.1) is 10.2 Å². The van der Waals surface area contributed by atoms with E-state index in [4.69, 9.17) is 0 Å². The number of carbonyl (C=O) groups excluding carboxylic acids is 1. The Balaban J connectivity index is 1.64. The molecule has 1 aliphatic heterocycles. The van der Waals surface area contributed by atoms with Crippen LogP contribution in [0.5, 0.6) is 0 Å². The minimum Gasteiger partial charge on any atom is -0.338 e. The molecule has 0 aromatic carbocycles. The first-order valence-electron chi connectivity index (χ1n) is 8.45. The van der Waals surface area contributed by atoms with E-state index in [1.165, 1.54) is 11.8 Å². The van der Waals surface area contributed by atoms with Gasteiger partial charge in [-0.05, 0) is 32.6 Å². The molecule has 1 aromatic heterocycles. The number of aromatic nitrogens is 3. The number of rotatable bonds is 7. The molecule has 1 atom stereocenters. The summed E-state index contributed by atoms with van der Waals surface area (Å²) in [6.07, 6.45) is 3.66. The van der Waals surface area contributed by atoms with Crippen molar-refractivity contribution in [1.82, 2.24) is 19.7 Å². The van der Waals surface area contributed by atoms with Crippen LogP contribution in [-0.4, -0.2) is 63.8 Å². The molecular weight excluding hydrogens is 348 g/mol. The largest absolute Gasteiger partial charge is 0.338 e. The highest BCUT2D eigenvalue weighted by atomic mass is 32.2. The number of thioether (sulfide) groups is 1. The molecule has 0 spiro atoms. The van der Waals surface area contributed by atoms with E-state index in [-0.39, 0.29) is 29.2 Å². The van der Waals surface area contributed by atoms with E-state index in [9.17, 15) is 13.2 Å². The van der Waals surface area contributed by atoms with Crippen LogP contribution in [0.3, 0.4) is 0 Å². The SMILES string of the molecule is CCCN(C(=O)CSc1nnc(C)n1C1CC1)[C@@H]1CCS(=O)(=O)C1. The fourth-order valence-corrected chi connectivity index (χ4v) is 5.85. The Morgan fingerprint density at radius 1 is 1.33 bits per heavy atom. The Labute approximate surface area is 147 Å². The van der Waals surface area contributed by atoms with Crippen LogP contribution in [0.15, 0.2) is 5.16 Å². The molecule has 1 aromatic rings. The van der Waals surface area contributed by atoms with Crippen molar-refractivity contribution in [3.05, 3.63) is 5.82 Å². The van der Waals surface area contributed by atoms with Gasteiger partial charge in [0, 0.05) is 18.6 Å². The van der Waals surface area contributed by atoms with E-state index < -0.39 is 9.84 Å². The zero-order valence-electron chi connectivity index (χ0n) is 14.1. The van der Waals surface area contributed by atoms with Crippen molar-refractivity contribution in [2.45, 2.75) is 56.8 Å². The maximum atomic E-state index is 12.7. The maximum absolute atomic E-state index is 12.7. The first-order chi connectivity index (χ1) is 11.4. The van der Waals surface area contributed by atoms with Crippen LogP contribution in [0.1, 0.15) is 44.5 Å². The van der Waals surface area contributed by atoms with E-state index in [1.807, 2.05) is 13.8 Å². The number of aryl methyl sites for hydroxylation is 1. The van der Waals surface area contributed by atoms with E-state index in [0.29, 0.717) is 19.0 Å². The van der Waals surface area contributed by atoms with Gasteiger partial charge in [0.1, 0.15) is 5.82 Å². The molecule has 3 rings (SSSR count). The first-order valence-corrected chi connectivity index (χ1v) is 11.3. The highest BCUT2D eigenvalue weighted by molar-refractivity contribution is 7.99. The third-order valence-electron chi connectivity index (χ3n) is 4.51. The molecule has 7 nitrogen and oxygen atoms in total. The van der Waals surface area contributed by atoms with Gasteiger partial charge in [-0.1, -0.05) is 18.7 Å². The molecule has 134 valence electrons. The number of hydrogen-bond donors (Lipinski definition) is 0. The number of nitrogens with zero attached hydrogens (tertiary/aromatic N) is 4. The standard InChI is InChI=1S/C15H24N4O3S2/c1-3-7-18(13-6-8-24(21,22)10-13)14(20)9-23-15-17-16-11(2)19(15)12-4-5-12/h12-13H,3-10H2,1-2H3/t13-/m1/s1. The highest BCUT2D eigenvalue weighted by Gasteiger charge is 2.34. The summed E-state index contributed by atoms with van der Waals surface area (Å²) in [5.41, 5.74) is 0. The van der Waals surface area contributed by atoms with E-state index in [2.05, 4.69) is 14.8 Å². The summed E-state index contributed by atoms with van der Waals surface area (Å²) in [5, 5.41) is 9.10. The van der Waals surface area contributed by atoms with Crippen molar-refractivity contribution < 1.29 is 13.2 Å². The quantitative estimate of drug-likeness (QED) is 0.673. The van der Waals surface area contributed by atoms with E-state index in [1.54, 1.807) is 4.90 Å². The molecule has 1 aliphatic carbocycles. The average Bonchev–Trinajstić information content (AvgIpc) is 3.20. The van der Waals surface area contributed by atoms with Crippen molar-refractivity contribution in [1.29, 1.82) is 0 Å². The van der Waals surface area contributed by atoms with Crippen LogP contribution in [-0.2, 0) is 14.6 Å². The monoisotopic (exact) mass is 372 g/mol. The molecule has 9 heteroatoms. The zero-order valence-corrected chi connectivity index (χ0v) is 15.8. The Morgan fingerprint density at radius 3 is 2.67 bits per heavy atom.